The molecule has 4 aromatic carbocycles. The molecular formula is C30H16O9. The molecular weight excluding hydrogens is 504 g/mol. The maximum absolute atomic E-state index is 12.5. The summed E-state index contributed by atoms with van der Waals surface area (Å²) in [6.07, 6.45) is 1.03. The molecule has 0 unspecified atom stereocenters. The normalized spacial score (nSPS) is 11.8. The lowest BCUT2D eigenvalue weighted by molar-refractivity contribution is 0.0442. The first-order chi connectivity index (χ1) is 18.9. The molecule has 0 amide bonds. The number of benzene rings is 4. The van der Waals surface area contributed by atoms with Gasteiger partial charge in [-0.25, -0.2) is 19.2 Å². The van der Waals surface area contributed by atoms with Crippen molar-refractivity contribution in [2.24, 2.45) is 0 Å². The highest BCUT2D eigenvalue weighted by molar-refractivity contribution is 6.15. The first kappa shape index (κ1) is 25.0. The molecule has 0 N–H and O–H groups in total. The molecule has 0 bridgehead atoms. The maximum atomic E-state index is 12.5. The fourth-order valence-electron chi connectivity index (χ4n) is 3.89. The van der Waals surface area contributed by atoms with Crippen molar-refractivity contribution in [1.82, 2.24) is 0 Å². The van der Waals surface area contributed by atoms with Crippen molar-refractivity contribution in [3.05, 3.63) is 118 Å². The van der Waals surface area contributed by atoms with E-state index in [0.29, 0.717) is 12.6 Å². The van der Waals surface area contributed by atoms with Gasteiger partial charge in [-0.15, -0.1) is 0 Å². The van der Waals surface area contributed by atoms with Crippen molar-refractivity contribution in [1.29, 1.82) is 0 Å². The summed E-state index contributed by atoms with van der Waals surface area (Å²) in [5.74, 6) is -2.40. The zero-order valence-electron chi connectivity index (χ0n) is 19.9. The molecule has 5 rings (SSSR count). The van der Waals surface area contributed by atoms with E-state index >= 15 is 0 Å². The Kier molecular flexibility index (Phi) is 6.63. The molecule has 9 nitrogen and oxygen atoms in total. The third-order valence-corrected chi connectivity index (χ3v) is 5.92. The molecule has 0 saturated carbocycles. The van der Waals surface area contributed by atoms with Crippen LogP contribution in [-0.4, -0.2) is 36.4 Å². The molecule has 190 valence electrons. The summed E-state index contributed by atoms with van der Waals surface area (Å²) in [5.41, 5.74) is 2.21. The summed E-state index contributed by atoms with van der Waals surface area (Å²) >= 11 is 0. The summed E-state index contributed by atoms with van der Waals surface area (Å²) in [5, 5.41) is 0. The molecule has 1 aliphatic heterocycles. The second-order valence-corrected chi connectivity index (χ2v) is 8.34. The van der Waals surface area contributed by atoms with Gasteiger partial charge in [-0.1, -0.05) is 30.3 Å². The predicted molar refractivity (Wildman–Crippen MR) is 135 cm³/mol. The molecule has 0 atom stereocenters. The van der Waals surface area contributed by atoms with Crippen LogP contribution in [0, 0.1) is 0 Å². The van der Waals surface area contributed by atoms with Gasteiger partial charge in [-0.3, -0.25) is 9.59 Å². The number of rotatable bonds is 7. The smallest absolute Gasteiger partial charge is 0.346 e. The van der Waals surface area contributed by atoms with E-state index in [2.05, 4.69) is 4.74 Å². The van der Waals surface area contributed by atoms with Crippen molar-refractivity contribution in [3.63, 3.8) is 0 Å². The van der Waals surface area contributed by atoms with Crippen molar-refractivity contribution in [2.75, 3.05) is 0 Å². The Hall–Kier alpha value is -5.70. The molecule has 9 heteroatoms. The summed E-state index contributed by atoms with van der Waals surface area (Å²) in [6, 6.07) is 21.4. The Morgan fingerprint density at radius 2 is 1.05 bits per heavy atom. The van der Waals surface area contributed by atoms with Gasteiger partial charge in [-0.05, 0) is 65.7 Å². The van der Waals surface area contributed by atoms with E-state index in [1.54, 1.807) is 48.5 Å². The Morgan fingerprint density at radius 1 is 0.564 bits per heavy atom. The van der Waals surface area contributed by atoms with Gasteiger partial charge in [0, 0.05) is 11.1 Å². The van der Waals surface area contributed by atoms with E-state index in [4.69, 9.17) is 9.47 Å². The Bertz CT molecular complexity index is 1670. The number of fused-ring (bicyclic) bond motifs is 1. The average molecular weight is 520 g/mol. The van der Waals surface area contributed by atoms with Gasteiger partial charge in [0.2, 0.25) is 0 Å². The molecule has 0 radical (unpaired) electrons. The minimum absolute atomic E-state index is 0.0143. The van der Waals surface area contributed by atoms with Crippen LogP contribution in [0.1, 0.15) is 62.1 Å². The van der Waals surface area contributed by atoms with Gasteiger partial charge in [0.15, 0.2) is 12.6 Å². The van der Waals surface area contributed by atoms with Gasteiger partial charge < -0.3 is 14.2 Å². The maximum Gasteiger partial charge on any atom is 0.346 e. The summed E-state index contributed by atoms with van der Waals surface area (Å²) < 4.78 is 15.3. The van der Waals surface area contributed by atoms with Crippen LogP contribution in [0.15, 0.2) is 84.9 Å². The van der Waals surface area contributed by atoms with Crippen molar-refractivity contribution in [3.8, 4) is 22.6 Å². The van der Waals surface area contributed by atoms with E-state index in [1.807, 2.05) is 0 Å². The molecule has 0 fully saturated rings. The van der Waals surface area contributed by atoms with Gasteiger partial charge in [0.05, 0.1) is 22.3 Å². The summed E-state index contributed by atoms with van der Waals surface area (Å²) in [6.45, 7) is 0. The molecule has 0 aliphatic carbocycles. The highest BCUT2D eigenvalue weighted by Crippen LogP contribution is 2.26. The van der Waals surface area contributed by atoms with Crippen molar-refractivity contribution < 1.29 is 43.0 Å². The van der Waals surface area contributed by atoms with Gasteiger partial charge in [-0.2, -0.15) is 0 Å². The van der Waals surface area contributed by atoms with E-state index in [-0.39, 0.29) is 44.9 Å². The third kappa shape index (κ3) is 5.09. The average Bonchev–Trinajstić information content (AvgIpc) is 3.25. The number of hydrogen-bond acceptors (Lipinski definition) is 9. The van der Waals surface area contributed by atoms with Gasteiger partial charge in [0.25, 0.3) is 0 Å². The monoisotopic (exact) mass is 520 g/mol. The number of carbonyl (C=O) groups excluding carboxylic acids is 6. The van der Waals surface area contributed by atoms with Gasteiger partial charge >= 0.3 is 23.9 Å². The number of ether oxygens (including phenoxy) is 3. The quantitative estimate of drug-likeness (QED) is 0.147. The molecule has 39 heavy (non-hydrogen) atoms. The lowest BCUT2D eigenvalue weighted by atomic mass is 10.0. The van der Waals surface area contributed by atoms with Crippen LogP contribution in [0.2, 0.25) is 0 Å². The van der Waals surface area contributed by atoms with Crippen LogP contribution in [0.25, 0.3) is 11.1 Å². The van der Waals surface area contributed by atoms with Crippen LogP contribution in [0.3, 0.4) is 0 Å². The highest BCUT2D eigenvalue weighted by atomic mass is 16.6. The topological polar surface area (TPSA) is 130 Å². The zero-order chi connectivity index (χ0) is 27.5. The first-order valence-corrected chi connectivity index (χ1v) is 11.5. The van der Waals surface area contributed by atoms with Crippen LogP contribution >= 0.6 is 0 Å². The molecule has 0 aromatic heterocycles. The Morgan fingerprint density at radius 3 is 1.59 bits per heavy atom. The molecule has 4 aromatic rings. The van der Waals surface area contributed by atoms with Crippen LogP contribution < -0.4 is 9.47 Å². The third-order valence-electron chi connectivity index (χ3n) is 5.92. The Balaban J connectivity index is 1.23. The zero-order valence-corrected chi connectivity index (χ0v) is 19.9. The van der Waals surface area contributed by atoms with Crippen LogP contribution in [0.5, 0.6) is 11.5 Å². The summed E-state index contributed by atoms with van der Waals surface area (Å²) in [4.78, 5) is 70.3. The minimum Gasteiger partial charge on any atom is -0.423 e. The Labute approximate surface area is 220 Å². The molecule has 0 saturated heterocycles. The SMILES string of the molecule is O=Cc1ccc(C(=O)Oc2ccc(-c3ccc(OC(=O)c4ccc5c(c4)C(=O)OC5=O)cc3)cc2)cc1C=O. The lowest BCUT2D eigenvalue weighted by Crippen LogP contribution is -2.09. The first-order valence-electron chi connectivity index (χ1n) is 11.5. The lowest BCUT2D eigenvalue weighted by Gasteiger charge is -2.08. The predicted octanol–water partition coefficient (Wildman–Crippen LogP) is 4.73. The van der Waals surface area contributed by atoms with Crippen LogP contribution in [-0.2, 0) is 4.74 Å². The number of esters is 4. The van der Waals surface area contributed by atoms with E-state index in [1.165, 1.54) is 36.4 Å². The fraction of sp³-hybridized carbons (Fsp3) is 0. The number of carbonyl (C=O) groups is 6. The fourth-order valence-corrected chi connectivity index (χ4v) is 3.89. The second-order valence-electron chi connectivity index (χ2n) is 8.34. The van der Waals surface area contributed by atoms with Gasteiger partial charge in [0.1, 0.15) is 11.5 Å². The van der Waals surface area contributed by atoms with E-state index in [9.17, 15) is 28.8 Å². The molecule has 0 spiro atoms. The molecule has 1 aliphatic rings. The van der Waals surface area contributed by atoms with Crippen molar-refractivity contribution in [2.45, 2.75) is 0 Å². The largest absolute Gasteiger partial charge is 0.423 e. The standard InChI is InChI=1S/C30H16O9/c31-15-21-2-1-19(13-22(21)16-32)27(33)37-23-8-3-17(4-9-23)18-5-10-24(11-6-18)38-28(34)20-7-12-25-26(14-20)30(36)39-29(25)35/h1-16H. The highest BCUT2D eigenvalue weighted by Gasteiger charge is 2.30. The molecule has 1 heterocycles. The van der Waals surface area contributed by atoms with Crippen molar-refractivity contribution >= 4 is 36.4 Å². The number of cyclic esters (lactones) is 2. The van der Waals surface area contributed by atoms with E-state index < -0.39 is 23.9 Å². The second kappa shape index (κ2) is 10.3. The summed E-state index contributed by atoms with van der Waals surface area (Å²) in [7, 11) is 0. The van der Waals surface area contributed by atoms with E-state index in [0.717, 1.165) is 11.1 Å². The number of hydrogen-bond donors (Lipinski definition) is 0. The minimum atomic E-state index is -0.810. The van der Waals surface area contributed by atoms with Crippen LogP contribution in [0.4, 0.5) is 0 Å². The number of aldehydes is 2.